The lowest BCUT2D eigenvalue weighted by molar-refractivity contribution is -0.129. The van der Waals surface area contributed by atoms with Crippen LogP contribution in [-0.2, 0) is 9.59 Å². The smallest absolute Gasteiger partial charge is 0.260 e. The van der Waals surface area contributed by atoms with Crippen LogP contribution in [0.4, 0.5) is 0 Å². The second-order valence-corrected chi connectivity index (χ2v) is 9.92. The summed E-state index contributed by atoms with van der Waals surface area (Å²) in [5.41, 5.74) is 0. The Morgan fingerprint density at radius 3 is 1.41 bits per heavy atom. The Morgan fingerprint density at radius 2 is 1.09 bits per heavy atom. The molecule has 2 amide bonds. The molecule has 0 aliphatic heterocycles. The lowest BCUT2D eigenvalue weighted by atomic mass is 9.91. The molecule has 2 atom stereocenters. The van der Waals surface area contributed by atoms with E-state index in [0.717, 1.165) is 25.7 Å². The van der Waals surface area contributed by atoms with Crippen LogP contribution < -0.4 is 20.1 Å². The molecule has 0 heterocycles. The molecule has 2 N–H and O–H groups in total. The molecule has 184 valence electrons. The lowest BCUT2D eigenvalue weighted by Gasteiger charge is -2.31. The number of benzene rings is 2. The molecule has 0 spiro atoms. The van der Waals surface area contributed by atoms with E-state index in [2.05, 4.69) is 10.6 Å². The third kappa shape index (κ3) is 7.57. The van der Waals surface area contributed by atoms with Gasteiger partial charge in [-0.15, -0.1) is 0 Å². The Balaban J connectivity index is 1.41. The van der Waals surface area contributed by atoms with E-state index in [1.165, 1.54) is 0 Å². The molecular weight excluding hydrogens is 522 g/mol. The van der Waals surface area contributed by atoms with E-state index in [1.54, 1.807) is 50.2 Å². The number of amides is 2. The summed E-state index contributed by atoms with van der Waals surface area (Å²) in [5, 5.41) is 7.71. The highest BCUT2D eigenvalue weighted by Gasteiger charge is 2.27. The first-order valence-electron chi connectivity index (χ1n) is 11.0. The first-order valence-corrected chi connectivity index (χ1v) is 12.5. The summed E-state index contributed by atoms with van der Waals surface area (Å²) in [5.74, 6) is 0.355. The van der Waals surface area contributed by atoms with Crippen LogP contribution >= 0.6 is 46.4 Å². The van der Waals surface area contributed by atoms with E-state index in [4.69, 9.17) is 55.9 Å². The fraction of sp³-hybridized carbons (Fsp3) is 0.417. The van der Waals surface area contributed by atoms with Crippen LogP contribution in [0, 0.1) is 0 Å². The normalized spacial score (nSPS) is 19.6. The first-order chi connectivity index (χ1) is 16.1. The van der Waals surface area contributed by atoms with Crippen molar-refractivity contribution in [3.63, 3.8) is 0 Å². The Morgan fingerprint density at radius 1 is 0.735 bits per heavy atom. The van der Waals surface area contributed by atoms with Gasteiger partial charge in [0.1, 0.15) is 11.5 Å². The van der Waals surface area contributed by atoms with E-state index in [1.807, 2.05) is 0 Å². The zero-order valence-electron chi connectivity index (χ0n) is 18.7. The van der Waals surface area contributed by atoms with Gasteiger partial charge >= 0.3 is 0 Å². The van der Waals surface area contributed by atoms with Gasteiger partial charge in [0.25, 0.3) is 11.8 Å². The number of halogens is 4. The minimum absolute atomic E-state index is 0.00828. The van der Waals surface area contributed by atoms with Crippen LogP contribution in [0.15, 0.2) is 36.4 Å². The average Bonchev–Trinajstić information content (AvgIpc) is 2.78. The third-order valence-corrected chi connectivity index (χ3v) is 6.61. The maximum absolute atomic E-state index is 12.6. The molecule has 34 heavy (non-hydrogen) atoms. The number of nitrogens with one attached hydrogen (secondary N) is 2. The molecule has 0 unspecified atom stereocenters. The number of hydrogen-bond acceptors (Lipinski definition) is 4. The molecule has 1 fully saturated rings. The molecule has 1 aliphatic carbocycles. The fourth-order valence-electron chi connectivity index (χ4n) is 3.65. The molecule has 0 saturated heterocycles. The van der Waals surface area contributed by atoms with Crippen molar-refractivity contribution >= 4 is 58.2 Å². The van der Waals surface area contributed by atoms with Gasteiger partial charge in [-0.2, -0.15) is 0 Å². The van der Waals surface area contributed by atoms with E-state index in [-0.39, 0.29) is 23.9 Å². The molecule has 2 aromatic rings. The largest absolute Gasteiger partial charge is 0.479 e. The predicted octanol–water partition coefficient (Wildman–Crippen LogP) is 6.08. The molecule has 0 bridgehead atoms. The number of carbonyl (C=O) groups excluding carboxylic acids is 2. The van der Waals surface area contributed by atoms with Crippen molar-refractivity contribution in [3.8, 4) is 11.5 Å². The highest BCUT2D eigenvalue weighted by Crippen LogP contribution is 2.29. The second kappa shape index (κ2) is 12.2. The van der Waals surface area contributed by atoms with Crippen molar-refractivity contribution < 1.29 is 19.1 Å². The van der Waals surface area contributed by atoms with Gasteiger partial charge in [0, 0.05) is 22.1 Å². The molecule has 2 aromatic carbocycles. The van der Waals surface area contributed by atoms with Crippen LogP contribution in [-0.4, -0.2) is 36.1 Å². The predicted molar refractivity (Wildman–Crippen MR) is 135 cm³/mol. The average molecular weight is 548 g/mol. The summed E-state index contributed by atoms with van der Waals surface area (Å²) in [6, 6.07) is 9.71. The Kier molecular flexibility index (Phi) is 9.60. The van der Waals surface area contributed by atoms with Gasteiger partial charge in [-0.1, -0.05) is 46.4 Å². The summed E-state index contributed by atoms with van der Waals surface area (Å²) in [6.07, 6.45) is 1.53. The Labute approximate surface area is 219 Å². The molecule has 10 heteroatoms. The zero-order chi connectivity index (χ0) is 24.8. The summed E-state index contributed by atoms with van der Waals surface area (Å²) >= 11 is 24.0. The topological polar surface area (TPSA) is 76.7 Å². The van der Waals surface area contributed by atoms with E-state index < -0.39 is 12.2 Å². The van der Waals surface area contributed by atoms with E-state index in [0.29, 0.717) is 31.6 Å². The molecule has 1 aliphatic rings. The molecule has 6 nitrogen and oxygen atoms in total. The van der Waals surface area contributed by atoms with Crippen molar-refractivity contribution in [2.24, 2.45) is 0 Å². The summed E-state index contributed by atoms with van der Waals surface area (Å²) in [4.78, 5) is 25.1. The quantitative estimate of drug-likeness (QED) is 0.420. The molecule has 1 saturated carbocycles. The van der Waals surface area contributed by atoms with Gasteiger partial charge in [0.15, 0.2) is 12.2 Å². The molecular formula is C24H26Cl4N2O4. The van der Waals surface area contributed by atoms with Gasteiger partial charge in [-0.25, -0.2) is 0 Å². The molecule has 3 rings (SSSR count). The number of hydrogen-bond donors (Lipinski definition) is 2. The maximum Gasteiger partial charge on any atom is 0.260 e. The van der Waals surface area contributed by atoms with E-state index >= 15 is 0 Å². The van der Waals surface area contributed by atoms with Crippen LogP contribution in [0.2, 0.25) is 20.1 Å². The van der Waals surface area contributed by atoms with Gasteiger partial charge in [0.2, 0.25) is 0 Å². The van der Waals surface area contributed by atoms with E-state index in [9.17, 15) is 9.59 Å². The van der Waals surface area contributed by atoms with Crippen molar-refractivity contribution in [2.45, 2.75) is 63.8 Å². The fourth-order valence-corrected chi connectivity index (χ4v) is 4.55. The van der Waals surface area contributed by atoms with Crippen LogP contribution in [0.5, 0.6) is 11.5 Å². The summed E-state index contributed by atoms with van der Waals surface area (Å²) in [7, 11) is 0. The van der Waals surface area contributed by atoms with Crippen molar-refractivity contribution in [2.75, 3.05) is 0 Å². The zero-order valence-corrected chi connectivity index (χ0v) is 21.8. The lowest BCUT2D eigenvalue weighted by Crippen LogP contribution is -2.48. The number of ether oxygens (including phenoxy) is 2. The van der Waals surface area contributed by atoms with Crippen LogP contribution in [0.3, 0.4) is 0 Å². The van der Waals surface area contributed by atoms with Crippen LogP contribution in [0.25, 0.3) is 0 Å². The molecule has 0 radical (unpaired) electrons. The van der Waals surface area contributed by atoms with Gasteiger partial charge < -0.3 is 20.1 Å². The Hall–Kier alpha value is -1.86. The van der Waals surface area contributed by atoms with Crippen molar-refractivity contribution in [3.05, 3.63) is 56.5 Å². The van der Waals surface area contributed by atoms with Crippen LogP contribution in [0.1, 0.15) is 39.5 Å². The third-order valence-electron chi connectivity index (χ3n) is 5.55. The summed E-state index contributed by atoms with van der Waals surface area (Å²) < 4.78 is 11.4. The number of rotatable bonds is 8. The van der Waals surface area contributed by atoms with Gasteiger partial charge in [0.05, 0.1) is 10.0 Å². The minimum atomic E-state index is -0.714. The van der Waals surface area contributed by atoms with Crippen molar-refractivity contribution in [1.82, 2.24) is 10.6 Å². The van der Waals surface area contributed by atoms with Gasteiger partial charge in [-0.3, -0.25) is 9.59 Å². The number of carbonyl (C=O) groups is 2. The highest BCUT2D eigenvalue weighted by atomic mass is 35.5. The minimum Gasteiger partial charge on any atom is -0.479 e. The summed E-state index contributed by atoms with van der Waals surface area (Å²) in [6.45, 7) is 3.33. The standard InChI is InChI=1S/C24H26Cl4N2O4/c1-13(33-21-9-3-15(25)11-19(21)27)23(31)29-17-5-7-18(8-6-17)30-24(32)14(2)34-22-10-4-16(26)12-20(22)28/h3-4,9-14,17-18H,5-8H2,1-2H3,(H,29,31)(H,30,32)/t13-,14+,17?,18?. The van der Waals surface area contributed by atoms with Gasteiger partial charge in [-0.05, 0) is 75.9 Å². The Bertz CT molecular complexity index is 947. The SMILES string of the molecule is C[C@H](Oc1ccc(Cl)cc1Cl)C(=O)NC1CCC(NC(=O)[C@@H](C)Oc2ccc(Cl)cc2Cl)CC1. The monoisotopic (exact) mass is 546 g/mol. The van der Waals surface area contributed by atoms with Crippen molar-refractivity contribution in [1.29, 1.82) is 0 Å². The highest BCUT2D eigenvalue weighted by molar-refractivity contribution is 6.36. The second-order valence-electron chi connectivity index (χ2n) is 8.24. The molecule has 0 aromatic heterocycles. The maximum atomic E-state index is 12.6. The first kappa shape index (κ1) is 26.7.